The second kappa shape index (κ2) is 8.99. The summed E-state index contributed by atoms with van der Waals surface area (Å²) in [5, 5.41) is 8.08. The van der Waals surface area contributed by atoms with E-state index in [0.29, 0.717) is 33.9 Å². The first-order chi connectivity index (χ1) is 13.5. The molecule has 0 fully saturated rings. The van der Waals surface area contributed by atoms with Crippen molar-refractivity contribution in [3.8, 4) is 11.5 Å². The maximum Gasteiger partial charge on any atom is 0.229 e. The summed E-state index contributed by atoms with van der Waals surface area (Å²) in [5.41, 5.74) is 1.62. The molecule has 0 radical (unpaired) electrons. The minimum Gasteiger partial charge on any atom is -0.493 e. The Labute approximate surface area is 173 Å². The number of benzene rings is 2. The van der Waals surface area contributed by atoms with Crippen molar-refractivity contribution in [3.05, 3.63) is 69.8 Å². The molecule has 1 aromatic heterocycles. The fraction of sp³-hybridized carbons (Fsp3) is 0.200. The van der Waals surface area contributed by atoms with Crippen LogP contribution in [0.3, 0.4) is 0 Å². The topological polar surface area (TPSA) is 65.4 Å². The van der Waals surface area contributed by atoms with Crippen LogP contribution in [-0.4, -0.2) is 29.9 Å². The molecular weight excluding hydrogens is 401 g/mol. The van der Waals surface area contributed by atoms with Crippen molar-refractivity contribution in [2.45, 2.75) is 13.0 Å². The maximum atomic E-state index is 12.5. The van der Waals surface area contributed by atoms with E-state index in [4.69, 9.17) is 32.7 Å². The molecule has 1 amide bonds. The molecule has 0 saturated carbocycles. The van der Waals surface area contributed by atoms with Crippen LogP contribution in [0, 0.1) is 0 Å². The molecule has 0 aliphatic rings. The molecular formula is C20H19Cl2N3O3. The van der Waals surface area contributed by atoms with Crippen LogP contribution in [0.1, 0.15) is 11.1 Å². The predicted molar refractivity (Wildman–Crippen MR) is 110 cm³/mol. The first kappa shape index (κ1) is 20.0. The molecule has 0 bridgehead atoms. The number of carbonyl (C=O) groups excluding carboxylic acids is 1. The summed E-state index contributed by atoms with van der Waals surface area (Å²) in [6.07, 6.45) is 1.80. The molecule has 0 spiro atoms. The predicted octanol–water partition coefficient (Wildman–Crippen LogP) is 4.44. The summed E-state index contributed by atoms with van der Waals surface area (Å²) in [6.45, 7) is 0.387. The molecule has 2 aromatic carbocycles. The second-order valence-corrected chi connectivity index (χ2v) is 6.79. The highest BCUT2D eigenvalue weighted by Gasteiger charge is 2.12. The maximum absolute atomic E-state index is 12.5. The number of amides is 1. The Bertz CT molecular complexity index is 989. The number of methoxy groups -OCH3 is 2. The Balaban J connectivity index is 1.70. The molecule has 0 aliphatic carbocycles. The van der Waals surface area contributed by atoms with E-state index in [-0.39, 0.29) is 12.3 Å². The van der Waals surface area contributed by atoms with Gasteiger partial charge in [0, 0.05) is 6.07 Å². The molecule has 0 unspecified atom stereocenters. The minimum absolute atomic E-state index is 0.175. The van der Waals surface area contributed by atoms with Gasteiger partial charge in [-0.05, 0) is 29.3 Å². The fourth-order valence-corrected chi connectivity index (χ4v) is 3.14. The van der Waals surface area contributed by atoms with E-state index in [9.17, 15) is 4.79 Å². The molecule has 0 atom stereocenters. The first-order valence-corrected chi connectivity index (χ1v) is 9.23. The van der Waals surface area contributed by atoms with Crippen LogP contribution < -0.4 is 14.8 Å². The third-order valence-corrected chi connectivity index (χ3v) is 5.01. The molecule has 146 valence electrons. The van der Waals surface area contributed by atoms with Gasteiger partial charge in [-0.15, -0.1) is 0 Å². The summed E-state index contributed by atoms with van der Waals surface area (Å²) in [4.78, 5) is 12.5. The lowest BCUT2D eigenvalue weighted by Gasteiger charge is -2.12. The zero-order valence-corrected chi connectivity index (χ0v) is 16.9. The summed E-state index contributed by atoms with van der Waals surface area (Å²) in [6, 6.07) is 12.5. The highest BCUT2D eigenvalue weighted by Crippen LogP contribution is 2.28. The molecule has 3 aromatic rings. The average molecular weight is 420 g/mol. The molecule has 1 N–H and O–H groups in total. The molecule has 0 aliphatic heterocycles. The number of nitrogens with one attached hydrogen (secondary N) is 1. The second-order valence-electron chi connectivity index (χ2n) is 6.00. The van der Waals surface area contributed by atoms with Crippen LogP contribution >= 0.6 is 23.2 Å². The van der Waals surface area contributed by atoms with Gasteiger partial charge in [-0.25, -0.2) is 4.68 Å². The van der Waals surface area contributed by atoms with Gasteiger partial charge in [-0.2, -0.15) is 5.10 Å². The molecule has 3 rings (SSSR count). The van der Waals surface area contributed by atoms with Gasteiger partial charge in [0.15, 0.2) is 11.5 Å². The average Bonchev–Trinajstić information content (AvgIpc) is 3.11. The number of aromatic nitrogens is 2. The fourth-order valence-electron chi connectivity index (χ4n) is 2.76. The molecule has 6 nitrogen and oxygen atoms in total. The van der Waals surface area contributed by atoms with Gasteiger partial charge in [0.1, 0.15) is 5.82 Å². The summed E-state index contributed by atoms with van der Waals surface area (Å²) < 4.78 is 12.1. The van der Waals surface area contributed by atoms with E-state index < -0.39 is 0 Å². The highest BCUT2D eigenvalue weighted by atomic mass is 35.5. The normalized spacial score (nSPS) is 10.6. The van der Waals surface area contributed by atoms with Gasteiger partial charge in [-0.3, -0.25) is 4.79 Å². The number of carbonyl (C=O) groups is 1. The Morgan fingerprint density at radius 2 is 1.89 bits per heavy atom. The molecule has 28 heavy (non-hydrogen) atoms. The highest BCUT2D eigenvalue weighted by molar-refractivity contribution is 6.42. The van der Waals surface area contributed by atoms with Crippen LogP contribution in [-0.2, 0) is 17.8 Å². The van der Waals surface area contributed by atoms with Crippen LogP contribution in [0.25, 0.3) is 0 Å². The van der Waals surface area contributed by atoms with E-state index >= 15 is 0 Å². The van der Waals surface area contributed by atoms with Crippen LogP contribution in [0.2, 0.25) is 10.0 Å². The molecule has 0 saturated heterocycles. The lowest BCUT2D eigenvalue weighted by Crippen LogP contribution is -2.18. The van der Waals surface area contributed by atoms with Crippen LogP contribution in [0.15, 0.2) is 48.7 Å². The van der Waals surface area contributed by atoms with Crippen LogP contribution in [0.5, 0.6) is 11.5 Å². The largest absolute Gasteiger partial charge is 0.493 e. The summed E-state index contributed by atoms with van der Waals surface area (Å²) in [5.74, 6) is 1.59. The lowest BCUT2D eigenvalue weighted by atomic mass is 10.1. The van der Waals surface area contributed by atoms with E-state index in [0.717, 1.165) is 11.1 Å². The molecule has 1 heterocycles. The number of hydrogen-bond acceptors (Lipinski definition) is 4. The van der Waals surface area contributed by atoms with Crippen molar-refractivity contribution in [1.82, 2.24) is 9.78 Å². The third kappa shape index (κ3) is 4.58. The van der Waals surface area contributed by atoms with Gasteiger partial charge in [0.05, 0.1) is 43.4 Å². The Hall–Kier alpha value is -2.70. The van der Waals surface area contributed by atoms with Crippen LogP contribution in [0.4, 0.5) is 5.82 Å². The first-order valence-electron chi connectivity index (χ1n) is 8.47. The SMILES string of the molecule is COc1ccc(CC(=O)Nc2ccnn2Cc2cccc(Cl)c2Cl)cc1OC. The zero-order chi connectivity index (χ0) is 20.1. The van der Waals surface area contributed by atoms with Gasteiger partial charge in [-0.1, -0.05) is 41.4 Å². The smallest absolute Gasteiger partial charge is 0.229 e. The van der Waals surface area contributed by atoms with Crippen molar-refractivity contribution >= 4 is 34.9 Å². The van der Waals surface area contributed by atoms with Gasteiger partial charge < -0.3 is 14.8 Å². The lowest BCUT2D eigenvalue weighted by molar-refractivity contribution is -0.115. The van der Waals surface area contributed by atoms with Gasteiger partial charge >= 0.3 is 0 Å². The monoisotopic (exact) mass is 419 g/mol. The standard InChI is InChI=1S/C20H19Cl2N3O3/c1-27-16-7-6-13(10-17(16)28-2)11-19(26)24-18-8-9-23-25(18)12-14-4-3-5-15(21)20(14)22/h3-10H,11-12H2,1-2H3,(H,24,26). The van der Waals surface area contributed by atoms with E-state index in [1.807, 2.05) is 18.2 Å². The van der Waals surface area contributed by atoms with E-state index in [1.54, 1.807) is 49.4 Å². The van der Waals surface area contributed by atoms with Crippen molar-refractivity contribution in [2.24, 2.45) is 0 Å². The van der Waals surface area contributed by atoms with Gasteiger partial charge in [0.25, 0.3) is 0 Å². The number of ether oxygens (including phenoxy) is 2. The van der Waals surface area contributed by atoms with Crippen molar-refractivity contribution in [2.75, 3.05) is 19.5 Å². The van der Waals surface area contributed by atoms with Crippen molar-refractivity contribution in [3.63, 3.8) is 0 Å². The third-order valence-electron chi connectivity index (χ3n) is 4.15. The van der Waals surface area contributed by atoms with E-state index in [1.165, 1.54) is 0 Å². The summed E-state index contributed by atoms with van der Waals surface area (Å²) >= 11 is 12.3. The number of hydrogen-bond donors (Lipinski definition) is 1. The number of rotatable bonds is 7. The number of halogens is 2. The Kier molecular flexibility index (Phi) is 6.44. The summed E-state index contributed by atoms with van der Waals surface area (Å²) in [7, 11) is 3.12. The Morgan fingerprint density at radius 1 is 1.11 bits per heavy atom. The molecule has 8 heteroatoms. The van der Waals surface area contributed by atoms with Crippen molar-refractivity contribution < 1.29 is 14.3 Å². The van der Waals surface area contributed by atoms with Gasteiger partial charge in [0.2, 0.25) is 5.91 Å². The number of nitrogens with zero attached hydrogens (tertiary/aromatic N) is 2. The van der Waals surface area contributed by atoms with E-state index in [2.05, 4.69) is 10.4 Å². The Morgan fingerprint density at radius 3 is 2.64 bits per heavy atom. The quantitative estimate of drug-likeness (QED) is 0.614. The zero-order valence-electron chi connectivity index (χ0n) is 15.4. The minimum atomic E-state index is -0.175. The van der Waals surface area contributed by atoms with Crippen molar-refractivity contribution in [1.29, 1.82) is 0 Å². The number of anilines is 1.